The number of alkyl carbamates (subject to hydrolysis) is 1. The number of carbonyl (C=O) groups is 1. The van der Waals surface area contributed by atoms with Gasteiger partial charge in [0.25, 0.3) is 0 Å². The predicted molar refractivity (Wildman–Crippen MR) is 445 cm³/mol. The highest BCUT2D eigenvalue weighted by atomic mass is 35.5. The molecule has 5 fully saturated rings. The van der Waals surface area contributed by atoms with Crippen LogP contribution < -0.4 is 24.3 Å². The molecule has 1 unspecified atom stereocenters. The van der Waals surface area contributed by atoms with Crippen molar-refractivity contribution in [1.29, 1.82) is 0 Å². The van der Waals surface area contributed by atoms with Crippen LogP contribution in [0.4, 0.5) is 39.9 Å². The fourth-order valence-electron chi connectivity index (χ4n) is 20.5. The van der Waals surface area contributed by atoms with Crippen LogP contribution >= 0.6 is 46.4 Å². The maximum absolute atomic E-state index is 15.3. The van der Waals surface area contributed by atoms with Crippen molar-refractivity contribution >= 4 is 82.0 Å². The Bertz CT molecular complexity index is 5460. The number of sulfone groups is 3. The number of rotatable bonds is 19. The number of carbonyl (C=O) groups excluding carboxylic acids is 1. The first-order valence-corrected chi connectivity index (χ1v) is 47.6. The van der Waals surface area contributed by atoms with E-state index in [1.165, 1.54) is 60.7 Å². The highest BCUT2D eigenvalue weighted by molar-refractivity contribution is 7.93. The summed E-state index contributed by atoms with van der Waals surface area (Å²) >= 11 is 24.0. The minimum Gasteiger partial charge on any atom is -0.490 e. The van der Waals surface area contributed by atoms with Gasteiger partial charge in [-0.25, -0.2) is 65.2 Å². The molecule has 1 amide bonds. The predicted octanol–water partition coefficient (Wildman–Crippen LogP) is 21.2. The molecule has 12 atom stereocenters. The molecule has 121 heavy (non-hydrogen) atoms. The minimum atomic E-state index is -4.28. The second-order valence-corrected chi connectivity index (χ2v) is 41.6. The summed E-state index contributed by atoms with van der Waals surface area (Å²) in [6, 6.07) is 34.8. The van der Waals surface area contributed by atoms with E-state index < -0.39 is 132 Å². The number of amides is 1. The van der Waals surface area contributed by atoms with Crippen molar-refractivity contribution < 1.29 is 98.3 Å². The second kappa shape index (κ2) is 37.0. The average Bonchev–Trinajstić information content (AvgIpc) is 0.839. The Balaban J connectivity index is 0.000000132. The molecule has 1 N–H and O–H groups in total. The topological polar surface area (TPSA) is 196 Å². The van der Waals surface area contributed by atoms with Crippen LogP contribution in [0.3, 0.4) is 0 Å². The fourth-order valence-corrected chi connectivity index (χ4v) is 27.0. The molecule has 0 saturated heterocycles. The number of nitrogens with one attached hydrogen (secondary N) is 1. The summed E-state index contributed by atoms with van der Waals surface area (Å²) in [6.07, 6.45) is 11.6. The average molecular weight is 1820 g/mol. The second-order valence-electron chi connectivity index (χ2n) is 33.3. The molecular weight excluding hydrogens is 1720 g/mol. The SMILES string of the molecule is CCCO[C@@H]1CCC[C@@]2(Cc3ccc(Cl)cc3)c3c(F)ccc(F)c3OC[C@@H]12.CCNC(=O)OC[C@@H]1CCC[C@@]2(Cc3ccc(Cl)cc3)c3c(F)ccc(F)c3OCC12.CS(=O)(=O)C[C@@H]1CCC[C@@]2(S(=O)(=O)c3ccc(Cl)cc3)c3c(F)ccc(F)c3OC[C@@H]12.O=S(=O)(c1ccc(Cl)cc1)[C@@]12CCC[C@@H](OCC3CC3)[C@@H]1COc1c(F)ccc(F)c12. The van der Waals surface area contributed by atoms with Gasteiger partial charge in [-0.05, 0) is 248 Å². The van der Waals surface area contributed by atoms with Crippen LogP contribution in [0.5, 0.6) is 23.0 Å². The molecule has 17 rings (SSSR count). The highest BCUT2D eigenvalue weighted by Gasteiger charge is 2.64. The van der Waals surface area contributed by atoms with Gasteiger partial charge >= 0.3 is 6.09 Å². The van der Waals surface area contributed by atoms with E-state index in [-0.39, 0.29) is 107 Å². The standard InChI is InChI=1S/C24H26ClF2NO3.C23H23ClF2O4S.C23H25ClF2O2.C21H21ClF2O5S2/c1-2-28-23(29)31-13-16-4-3-11-24(12-15-5-7-17(25)8-6-15)18(16)14-30-22-20(27)10-9-19(26)21(22)24;24-15-5-7-16(8-6-15)31(27,28)23-11-1-2-20(29-12-14-3-4-14)17(23)13-30-22-19(26)10-9-18(25)21(22)23;1-2-12-27-20-4-3-11-23(13-15-5-7-16(24)8-6-15)17(20)14-28-22-19(26)10-9-18(25)21(22)23;1-30(25,26)12-13-3-2-10-21(31(27,28)15-6-4-14(22)5-7-15)16(13)11-29-20-18(24)9-8-17(23)19(20)21/h5-10,16,18H,2-4,11-14H2,1H3,(H,28,29);5-10,14,17,20H,1-4,11-13H2;5-10,17,20H,2-4,11-14H2,1H3;4-9,13,16H,2-3,10-12H2,1H3/t16-,18?,24-;2*17-,20+,23-;13-,16-,21-/m0000/s1. The molecule has 0 bridgehead atoms. The number of benzene rings is 8. The third-order valence-electron chi connectivity index (χ3n) is 25.9. The van der Waals surface area contributed by atoms with E-state index in [9.17, 15) is 47.6 Å². The lowest BCUT2D eigenvalue weighted by Gasteiger charge is -2.51. The lowest BCUT2D eigenvalue weighted by molar-refractivity contribution is -0.0710. The summed E-state index contributed by atoms with van der Waals surface area (Å²) < 4.78 is 237. The number of ether oxygens (including phenoxy) is 7. The molecule has 0 spiro atoms. The first-order chi connectivity index (χ1) is 57.8. The molecule has 4 aliphatic heterocycles. The summed E-state index contributed by atoms with van der Waals surface area (Å²) in [4.78, 5) is 11.8. The van der Waals surface area contributed by atoms with Crippen molar-refractivity contribution in [1.82, 2.24) is 5.32 Å². The van der Waals surface area contributed by atoms with Gasteiger partial charge in [0.05, 0.1) is 71.9 Å². The van der Waals surface area contributed by atoms with Crippen molar-refractivity contribution in [2.75, 3.05) is 64.8 Å². The normalized spacial score (nSPS) is 26.1. The Kier molecular flexibility index (Phi) is 27.5. The fraction of sp³-hybridized carbons (Fsp3) is 0.462. The van der Waals surface area contributed by atoms with Crippen molar-refractivity contribution in [2.45, 2.75) is 165 Å². The number of hydrogen-bond acceptors (Lipinski definition) is 14. The molecule has 4 heterocycles. The van der Waals surface area contributed by atoms with Crippen LogP contribution in [-0.2, 0) is 76.9 Å². The van der Waals surface area contributed by atoms with Gasteiger partial charge in [0.15, 0.2) is 65.9 Å². The Morgan fingerprint density at radius 2 is 0.785 bits per heavy atom. The zero-order chi connectivity index (χ0) is 86.1. The number of fused-ring (bicyclic) bond motifs is 12. The summed E-state index contributed by atoms with van der Waals surface area (Å²) in [5.74, 6) is -7.84. The molecule has 650 valence electrons. The summed E-state index contributed by atoms with van der Waals surface area (Å²) in [6.45, 7) is 6.14. The van der Waals surface area contributed by atoms with Gasteiger partial charge in [-0.2, -0.15) is 0 Å². The first kappa shape index (κ1) is 89.9. The molecule has 30 heteroatoms. The molecular formula is C91H95Cl4F8NO14S3. The molecule has 0 aromatic heterocycles. The maximum atomic E-state index is 15.3. The molecule has 8 aromatic carbocycles. The summed E-state index contributed by atoms with van der Waals surface area (Å²) in [5, 5.41) is 4.64. The Labute approximate surface area is 720 Å². The third-order valence-corrected chi connectivity index (χ3v) is 33.1. The van der Waals surface area contributed by atoms with E-state index in [0.29, 0.717) is 108 Å². The summed E-state index contributed by atoms with van der Waals surface area (Å²) in [5.41, 5.74) is 0.976. The van der Waals surface area contributed by atoms with Crippen LogP contribution in [0.1, 0.15) is 144 Å². The molecule has 5 aliphatic carbocycles. The Morgan fingerprint density at radius 1 is 0.421 bits per heavy atom. The van der Waals surface area contributed by atoms with E-state index in [0.717, 1.165) is 105 Å². The lowest BCUT2D eigenvalue weighted by Crippen LogP contribution is -2.56. The zero-order valence-corrected chi connectivity index (χ0v) is 72.4. The third kappa shape index (κ3) is 17.9. The van der Waals surface area contributed by atoms with E-state index in [2.05, 4.69) is 12.2 Å². The van der Waals surface area contributed by atoms with Gasteiger partial charge < -0.3 is 38.5 Å². The molecule has 5 saturated carbocycles. The van der Waals surface area contributed by atoms with Crippen LogP contribution in [0.25, 0.3) is 0 Å². The molecule has 8 aromatic rings. The van der Waals surface area contributed by atoms with Gasteiger partial charge in [0.1, 0.15) is 42.6 Å². The summed E-state index contributed by atoms with van der Waals surface area (Å²) in [7, 11) is -11.9. The van der Waals surface area contributed by atoms with E-state index in [1.807, 2.05) is 55.5 Å². The minimum absolute atomic E-state index is 0.00973. The Morgan fingerprint density at radius 3 is 1.23 bits per heavy atom. The van der Waals surface area contributed by atoms with Crippen LogP contribution in [0.2, 0.25) is 20.1 Å². The smallest absolute Gasteiger partial charge is 0.407 e. The van der Waals surface area contributed by atoms with Gasteiger partial charge in [0.2, 0.25) is 0 Å². The van der Waals surface area contributed by atoms with Gasteiger partial charge in [-0.3, -0.25) is 0 Å². The van der Waals surface area contributed by atoms with Crippen LogP contribution in [-0.4, -0.2) is 108 Å². The van der Waals surface area contributed by atoms with E-state index in [1.54, 1.807) is 0 Å². The van der Waals surface area contributed by atoms with Gasteiger partial charge in [0, 0.05) is 97.7 Å². The molecule has 15 nitrogen and oxygen atoms in total. The highest BCUT2D eigenvalue weighted by Crippen LogP contribution is 2.62. The van der Waals surface area contributed by atoms with Crippen LogP contribution in [0, 0.1) is 88.0 Å². The molecule has 9 aliphatic rings. The first-order valence-electron chi connectivity index (χ1n) is 41.1. The monoisotopic (exact) mass is 1810 g/mol. The van der Waals surface area contributed by atoms with Crippen molar-refractivity contribution in [3.63, 3.8) is 0 Å². The van der Waals surface area contributed by atoms with Crippen molar-refractivity contribution in [2.24, 2.45) is 41.4 Å². The van der Waals surface area contributed by atoms with Crippen LogP contribution in [0.15, 0.2) is 155 Å². The Hall–Kier alpha value is -7.40. The van der Waals surface area contributed by atoms with Crippen molar-refractivity contribution in [3.05, 3.63) is 246 Å². The maximum Gasteiger partial charge on any atom is 0.407 e. The van der Waals surface area contributed by atoms with Crippen molar-refractivity contribution in [3.8, 4) is 23.0 Å². The lowest BCUT2D eigenvalue weighted by atomic mass is 9.55. The number of halogens is 12. The van der Waals surface area contributed by atoms with Gasteiger partial charge in [-0.15, -0.1) is 0 Å². The van der Waals surface area contributed by atoms with E-state index in [4.69, 9.17) is 79.6 Å². The number of hydrogen-bond donors (Lipinski definition) is 1. The van der Waals surface area contributed by atoms with Gasteiger partial charge in [-0.1, -0.05) is 90.4 Å². The zero-order valence-electron chi connectivity index (χ0n) is 66.9. The largest absolute Gasteiger partial charge is 0.490 e. The molecule has 0 radical (unpaired) electrons. The quantitative estimate of drug-likeness (QED) is 0.0751. The van der Waals surface area contributed by atoms with E-state index >= 15 is 17.6 Å².